The number of anilines is 1. The molecular weight excluding hydrogens is 458 g/mol. The first-order valence-corrected chi connectivity index (χ1v) is 12.0. The molecular formula is C20H22ClN5O3S2. The Kier molecular flexibility index (Phi) is 7.05. The number of rotatable bonds is 7. The van der Waals surface area contributed by atoms with Crippen LogP contribution in [0.5, 0.6) is 0 Å². The number of nitrogens with zero attached hydrogens (tertiary/aromatic N) is 4. The highest BCUT2D eigenvalue weighted by Crippen LogP contribution is 2.27. The van der Waals surface area contributed by atoms with Crippen molar-refractivity contribution in [3.8, 4) is 5.69 Å². The molecule has 1 aromatic heterocycles. The van der Waals surface area contributed by atoms with Crippen molar-refractivity contribution < 1.29 is 13.2 Å². The Bertz CT molecular complexity index is 1210. The van der Waals surface area contributed by atoms with Gasteiger partial charge in [-0.05, 0) is 49.7 Å². The molecule has 0 saturated carbocycles. The number of carbonyl (C=O) groups is 1. The number of aryl methyl sites for hydroxylation is 1. The molecule has 0 bridgehead atoms. The van der Waals surface area contributed by atoms with Crippen molar-refractivity contribution >= 4 is 45.0 Å². The molecule has 3 aromatic rings. The Balaban J connectivity index is 1.74. The molecule has 1 amide bonds. The first kappa shape index (κ1) is 23.3. The van der Waals surface area contributed by atoms with E-state index in [9.17, 15) is 13.2 Å². The molecule has 0 aliphatic heterocycles. The van der Waals surface area contributed by atoms with Crippen molar-refractivity contribution in [1.29, 1.82) is 0 Å². The maximum absolute atomic E-state index is 12.7. The fraction of sp³-hybridized carbons (Fsp3) is 0.250. The molecule has 3 rings (SSSR count). The van der Waals surface area contributed by atoms with Gasteiger partial charge in [-0.15, -0.1) is 10.2 Å². The molecule has 0 saturated heterocycles. The lowest BCUT2D eigenvalue weighted by molar-refractivity contribution is -0.115. The van der Waals surface area contributed by atoms with Crippen LogP contribution in [-0.2, 0) is 14.8 Å². The predicted molar refractivity (Wildman–Crippen MR) is 122 cm³/mol. The molecule has 11 heteroatoms. The third-order valence-corrected chi connectivity index (χ3v) is 7.76. The lowest BCUT2D eigenvalue weighted by Gasteiger charge is -2.15. The number of nitrogens with one attached hydrogen (secondary N) is 1. The smallest absolute Gasteiger partial charge is 0.242 e. The first-order chi connectivity index (χ1) is 14.6. The monoisotopic (exact) mass is 479 g/mol. The zero-order valence-electron chi connectivity index (χ0n) is 17.4. The lowest BCUT2D eigenvalue weighted by Crippen LogP contribution is -2.24. The summed E-state index contributed by atoms with van der Waals surface area (Å²) >= 11 is 7.45. The number of amides is 1. The molecule has 0 radical (unpaired) electrons. The van der Waals surface area contributed by atoms with E-state index in [1.807, 2.05) is 25.1 Å². The van der Waals surface area contributed by atoms with Gasteiger partial charge in [0.2, 0.25) is 15.9 Å². The fourth-order valence-corrected chi connectivity index (χ4v) is 4.58. The first-order valence-electron chi connectivity index (χ1n) is 9.26. The summed E-state index contributed by atoms with van der Waals surface area (Å²) in [7, 11) is -0.685. The van der Waals surface area contributed by atoms with Crippen molar-refractivity contribution in [1.82, 2.24) is 19.1 Å². The predicted octanol–water partition coefficient (Wildman–Crippen LogP) is 3.60. The highest BCUT2D eigenvalue weighted by atomic mass is 35.5. The van der Waals surface area contributed by atoms with Crippen LogP contribution in [-0.4, -0.2) is 52.7 Å². The molecule has 8 nitrogen and oxygen atoms in total. The highest BCUT2D eigenvalue weighted by molar-refractivity contribution is 8.00. The SMILES string of the molecule is Cc1ccc(-n2cnnc2SC(C)C(=O)Nc2cccc(S(=O)(=O)N(C)C)c2)cc1Cl. The minimum Gasteiger partial charge on any atom is -0.325 e. The van der Waals surface area contributed by atoms with Crippen molar-refractivity contribution in [3.05, 3.63) is 59.4 Å². The van der Waals surface area contributed by atoms with Crippen molar-refractivity contribution in [3.63, 3.8) is 0 Å². The summed E-state index contributed by atoms with van der Waals surface area (Å²) in [5.41, 5.74) is 2.14. The number of aromatic nitrogens is 3. The molecule has 164 valence electrons. The van der Waals surface area contributed by atoms with E-state index in [1.165, 1.54) is 38.0 Å². The van der Waals surface area contributed by atoms with Crippen LogP contribution < -0.4 is 5.32 Å². The lowest BCUT2D eigenvalue weighted by atomic mass is 10.2. The second-order valence-electron chi connectivity index (χ2n) is 6.98. The molecule has 0 aliphatic rings. The summed E-state index contributed by atoms with van der Waals surface area (Å²) in [5, 5.41) is 11.5. The van der Waals surface area contributed by atoms with E-state index in [0.717, 1.165) is 15.6 Å². The number of thioether (sulfide) groups is 1. The van der Waals surface area contributed by atoms with Crippen LogP contribution >= 0.6 is 23.4 Å². The Morgan fingerprint density at radius 3 is 2.65 bits per heavy atom. The maximum Gasteiger partial charge on any atom is 0.242 e. The summed E-state index contributed by atoms with van der Waals surface area (Å²) < 4.78 is 27.5. The third kappa shape index (κ3) is 5.27. The quantitative estimate of drug-likeness (QED) is 0.520. The van der Waals surface area contributed by atoms with Gasteiger partial charge < -0.3 is 5.32 Å². The van der Waals surface area contributed by atoms with Crippen LogP contribution in [0.3, 0.4) is 0 Å². The van der Waals surface area contributed by atoms with Crippen molar-refractivity contribution in [2.75, 3.05) is 19.4 Å². The van der Waals surface area contributed by atoms with E-state index in [-0.39, 0.29) is 10.8 Å². The van der Waals surface area contributed by atoms with Gasteiger partial charge in [0.15, 0.2) is 5.16 Å². The van der Waals surface area contributed by atoms with Gasteiger partial charge in [-0.1, -0.05) is 35.5 Å². The zero-order chi connectivity index (χ0) is 22.8. The van der Waals surface area contributed by atoms with Gasteiger partial charge >= 0.3 is 0 Å². The number of carbonyl (C=O) groups excluding carboxylic acids is 1. The third-order valence-electron chi connectivity index (χ3n) is 4.48. The molecule has 31 heavy (non-hydrogen) atoms. The highest BCUT2D eigenvalue weighted by Gasteiger charge is 2.21. The topological polar surface area (TPSA) is 97.2 Å². The van der Waals surface area contributed by atoms with Gasteiger partial charge in [-0.3, -0.25) is 9.36 Å². The van der Waals surface area contributed by atoms with Crippen molar-refractivity contribution in [2.24, 2.45) is 0 Å². The van der Waals surface area contributed by atoms with Crippen LogP contribution in [0, 0.1) is 6.92 Å². The van der Waals surface area contributed by atoms with Gasteiger partial charge in [-0.25, -0.2) is 12.7 Å². The molecule has 1 unspecified atom stereocenters. The largest absolute Gasteiger partial charge is 0.325 e. The van der Waals surface area contributed by atoms with Gasteiger partial charge in [-0.2, -0.15) is 0 Å². The van der Waals surface area contributed by atoms with E-state index in [4.69, 9.17) is 11.6 Å². The fourth-order valence-electron chi connectivity index (χ4n) is 2.61. The Labute approximate surface area is 190 Å². The van der Waals surface area contributed by atoms with E-state index >= 15 is 0 Å². The van der Waals surface area contributed by atoms with E-state index < -0.39 is 15.3 Å². The maximum atomic E-state index is 12.7. The van der Waals surface area contributed by atoms with E-state index in [0.29, 0.717) is 15.9 Å². The standard InChI is InChI=1S/C20H22ClN5O3S2/c1-13-8-9-16(11-18(13)21)26-12-22-24-20(26)30-14(2)19(27)23-15-6-5-7-17(10-15)31(28,29)25(3)4/h5-12,14H,1-4H3,(H,23,27). The average molecular weight is 480 g/mol. The van der Waals surface area contributed by atoms with Gasteiger partial charge in [0, 0.05) is 24.8 Å². The molecule has 1 N–H and O–H groups in total. The minimum absolute atomic E-state index is 0.103. The zero-order valence-corrected chi connectivity index (χ0v) is 19.8. The van der Waals surface area contributed by atoms with Crippen LogP contribution in [0.1, 0.15) is 12.5 Å². The summed E-state index contributed by atoms with van der Waals surface area (Å²) in [6.45, 7) is 3.65. The van der Waals surface area contributed by atoms with Crippen molar-refractivity contribution in [2.45, 2.75) is 29.1 Å². The van der Waals surface area contributed by atoms with E-state index in [1.54, 1.807) is 30.0 Å². The number of halogens is 1. The molecule has 0 aliphatic carbocycles. The Morgan fingerprint density at radius 1 is 1.23 bits per heavy atom. The Hall–Kier alpha value is -2.40. The summed E-state index contributed by atoms with van der Waals surface area (Å²) in [6.07, 6.45) is 1.56. The molecule has 2 aromatic carbocycles. The molecule has 1 heterocycles. The summed E-state index contributed by atoms with van der Waals surface area (Å²) in [6, 6.07) is 11.8. The number of sulfonamides is 1. The van der Waals surface area contributed by atoms with Gasteiger partial charge in [0.05, 0.1) is 15.8 Å². The summed E-state index contributed by atoms with van der Waals surface area (Å²) in [5.74, 6) is -0.291. The molecule has 1 atom stereocenters. The summed E-state index contributed by atoms with van der Waals surface area (Å²) in [4.78, 5) is 12.8. The van der Waals surface area contributed by atoms with Crippen LogP contribution in [0.15, 0.2) is 58.8 Å². The van der Waals surface area contributed by atoms with E-state index in [2.05, 4.69) is 15.5 Å². The average Bonchev–Trinajstić information content (AvgIpc) is 3.18. The number of benzene rings is 2. The van der Waals surface area contributed by atoms with Crippen LogP contribution in [0.2, 0.25) is 5.02 Å². The Morgan fingerprint density at radius 2 is 1.97 bits per heavy atom. The number of hydrogen-bond acceptors (Lipinski definition) is 6. The van der Waals surface area contributed by atoms with Gasteiger partial charge in [0.1, 0.15) is 6.33 Å². The van der Waals surface area contributed by atoms with Crippen LogP contribution in [0.4, 0.5) is 5.69 Å². The second-order valence-corrected chi connectivity index (χ2v) is 10.8. The second kappa shape index (κ2) is 9.39. The molecule has 0 fully saturated rings. The number of hydrogen-bond donors (Lipinski definition) is 1. The normalized spacial score (nSPS) is 12.7. The minimum atomic E-state index is -3.59. The van der Waals surface area contributed by atoms with Crippen LogP contribution in [0.25, 0.3) is 5.69 Å². The van der Waals surface area contributed by atoms with Gasteiger partial charge in [0.25, 0.3) is 0 Å². The molecule has 0 spiro atoms.